The molecule has 2 aromatic heterocycles. The van der Waals surface area contributed by atoms with Crippen molar-refractivity contribution in [3.05, 3.63) is 59.6 Å². The van der Waals surface area contributed by atoms with Crippen molar-refractivity contribution in [3.8, 4) is 17.0 Å². The predicted molar refractivity (Wildman–Crippen MR) is 133 cm³/mol. The Bertz CT molecular complexity index is 1480. The number of hydrogen-bond acceptors (Lipinski definition) is 7. The van der Waals surface area contributed by atoms with Gasteiger partial charge in [-0.25, -0.2) is 18.6 Å². The minimum absolute atomic E-state index is 0.308. The normalized spacial score (nSPS) is 15.4. The van der Waals surface area contributed by atoms with Crippen molar-refractivity contribution in [1.29, 1.82) is 4.78 Å². The lowest BCUT2D eigenvalue weighted by molar-refractivity contribution is 0.416. The van der Waals surface area contributed by atoms with Crippen LogP contribution in [-0.2, 0) is 9.73 Å². The highest BCUT2D eigenvalue weighted by molar-refractivity contribution is 7.92. The topological polar surface area (TPSA) is 107 Å². The standard InChI is InChI=1S/C23H22ClFN6O2S/c1-33-21-11-15(31-6-8-34(26,32)9-7-31)3-5-20(21)29-23-28-13-18(24)22(30-23)17-12-27-19-4-2-14(25)10-16(17)19/h2-5,10-13,26-27H,6-9H2,1H3,(H,28,29,30). The Hall–Kier alpha value is -3.37. The Morgan fingerprint density at radius 2 is 2.03 bits per heavy atom. The maximum absolute atomic E-state index is 13.8. The van der Waals surface area contributed by atoms with E-state index in [2.05, 4.69) is 25.2 Å². The Morgan fingerprint density at radius 1 is 1.24 bits per heavy atom. The molecular weight excluding hydrogens is 479 g/mol. The summed E-state index contributed by atoms with van der Waals surface area (Å²) in [5, 5.41) is 4.19. The van der Waals surface area contributed by atoms with Crippen LogP contribution >= 0.6 is 11.6 Å². The van der Waals surface area contributed by atoms with Crippen molar-refractivity contribution in [1.82, 2.24) is 15.0 Å². The van der Waals surface area contributed by atoms with Crippen molar-refractivity contribution in [2.45, 2.75) is 0 Å². The molecule has 1 saturated heterocycles. The van der Waals surface area contributed by atoms with Crippen LogP contribution in [0.1, 0.15) is 0 Å². The third-order valence-corrected chi connectivity index (χ3v) is 7.78. The van der Waals surface area contributed by atoms with Gasteiger partial charge in [0.25, 0.3) is 0 Å². The third kappa shape index (κ3) is 4.38. The van der Waals surface area contributed by atoms with E-state index in [4.69, 9.17) is 21.1 Å². The van der Waals surface area contributed by atoms with Gasteiger partial charge in [-0.1, -0.05) is 11.6 Å². The minimum Gasteiger partial charge on any atom is -0.494 e. The maximum Gasteiger partial charge on any atom is 0.227 e. The lowest BCUT2D eigenvalue weighted by Gasteiger charge is -2.30. The van der Waals surface area contributed by atoms with E-state index in [1.165, 1.54) is 18.3 Å². The molecule has 3 heterocycles. The summed E-state index contributed by atoms with van der Waals surface area (Å²) in [5.41, 5.74) is 3.50. The highest BCUT2D eigenvalue weighted by Gasteiger charge is 2.20. The highest BCUT2D eigenvalue weighted by Crippen LogP contribution is 2.35. The molecule has 0 radical (unpaired) electrons. The van der Waals surface area contributed by atoms with Crippen molar-refractivity contribution >= 4 is 49.6 Å². The van der Waals surface area contributed by atoms with Crippen LogP contribution in [0, 0.1) is 10.6 Å². The number of ether oxygens (including phenoxy) is 1. The average Bonchev–Trinajstić information content (AvgIpc) is 3.23. The largest absolute Gasteiger partial charge is 0.494 e. The number of methoxy groups -OCH3 is 1. The molecule has 176 valence electrons. The Morgan fingerprint density at radius 3 is 2.79 bits per heavy atom. The zero-order valence-electron chi connectivity index (χ0n) is 18.3. The first-order valence-electron chi connectivity index (χ1n) is 10.6. The predicted octanol–water partition coefficient (Wildman–Crippen LogP) is 5.04. The zero-order valence-corrected chi connectivity index (χ0v) is 19.8. The molecule has 5 rings (SSSR count). The molecule has 3 N–H and O–H groups in total. The van der Waals surface area contributed by atoms with Crippen LogP contribution in [0.5, 0.6) is 5.75 Å². The number of hydrogen-bond donors (Lipinski definition) is 3. The summed E-state index contributed by atoms with van der Waals surface area (Å²) in [5.74, 6) is 1.26. The van der Waals surface area contributed by atoms with Crippen molar-refractivity contribution in [3.63, 3.8) is 0 Å². The van der Waals surface area contributed by atoms with Gasteiger partial charge in [0.05, 0.1) is 29.7 Å². The van der Waals surface area contributed by atoms with Gasteiger partial charge >= 0.3 is 0 Å². The molecule has 0 saturated carbocycles. The number of fused-ring (bicyclic) bond motifs is 1. The summed E-state index contributed by atoms with van der Waals surface area (Å²) in [7, 11) is -0.891. The van der Waals surface area contributed by atoms with E-state index in [0.29, 0.717) is 63.6 Å². The van der Waals surface area contributed by atoms with Gasteiger partial charge in [-0.3, -0.25) is 4.78 Å². The van der Waals surface area contributed by atoms with Gasteiger partial charge < -0.3 is 19.9 Å². The number of aromatic amines is 1. The lowest BCUT2D eigenvalue weighted by Crippen LogP contribution is -2.39. The minimum atomic E-state index is -2.47. The Labute approximate surface area is 201 Å². The summed E-state index contributed by atoms with van der Waals surface area (Å²) < 4.78 is 39.1. The first-order valence-corrected chi connectivity index (χ1v) is 12.8. The molecule has 0 bridgehead atoms. The van der Waals surface area contributed by atoms with Crippen LogP contribution in [-0.4, -0.2) is 50.9 Å². The van der Waals surface area contributed by atoms with Gasteiger partial charge in [-0.2, -0.15) is 0 Å². The van der Waals surface area contributed by atoms with Crippen LogP contribution in [0.15, 0.2) is 48.8 Å². The van der Waals surface area contributed by atoms with E-state index in [-0.39, 0.29) is 5.82 Å². The number of benzene rings is 2. The second-order valence-electron chi connectivity index (χ2n) is 8.00. The van der Waals surface area contributed by atoms with Gasteiger partial charge in [0, 0.05) is 68.7 Å². The summed E-state index contributed by atoms with van der Waals surface area (Å²) in [6.45, 7) is 1.13. The fourth-order valence-corrected chi connectivity index (χ4v) is 5.42. The SMILES string of the molecule is COc1cc(N2CCS(=N)(=O)CC2)ccc1Nc1ncc(Cl)c(-c2c[nH]c3ccc(F)cc23)n1. The lowest BCUT2D eigenvalue weighted by atomic mass is 10.1. The van der Waals surface area contributed by atoms with E-state index in [9.17, 15) is 8.60 Å². The number of aromatic nitrogens is 3. The molecule has 34 heavy (non-hydrogen) atoms. The van der Waals surface area contributed by atoms with E-state index >= 15 is 0 Å². The van der Waals surface area contributed by atoms with Crippen LogP contribution in [0.4, 0.5) is 21.7 Å². The Kier molecular flexibility index (Phi) is 5.78. The number of anilines is 3. The molecule has 1 aliphatic rings. The molecule has 0 aliphatic carbocycles. The molecule has 4 aromatic rings. The second kappa shape index (κ2) is 8.77. The molecule has 0 atom stereocenters. The number of rotatable bonds is 5. The van der Waals surface area contributed by atoms with Crippen molar-refractivity contribution in [2.75, 3.05) is 41.9 Å². The maximum atomic E-state index is 13.8. The van der Waals surface area contributed by atoms with Gasteiger partial charge in [-0.05, 0) is 30.3 Å². The van der Waals surface area contributed by atoms with Gasteiger partial charge in [-0.15, -0.1) is 0 Å². The molecule has 1 aliphatic heterocycles. The molecule has 0 unspecified atom stereocenters. The van der Waals surface area contributed by atoms with E-state index < -0.39 is 9.73 Å². The summed E-state index contributed by atoms with van der Waals surface area (Å²) in [4.78, 5) is 14.1. The molecule has 2 aromatic carbocycles. The summed E-state index contributed by atoms with van der Waals surface area (Å²) in [6, 6.07) is 10.2. The Balaban J connectivity index is 1.44. The fourth-order valence-electron chi connectivity index (χ4n) is 3.99. The summed E-state index contributed by atoms with van der Waals surface area (Å²) >= 11 is 6.39. The molecular formula is C23H22ClFN6O2S. The van der Waals surface area contributed by atoms with Crippen molar-refractivity contribution < 1.29 is 13.3 Å². The third-order valence-electron chi connectivity index (χ3n) is 5.82. The zero-order chi connectivity index (χ0) is 23.9. The van der Waals surface area contributed by atoms with Crippen LogP contribution in [0.3, 0.4) is 0 Å². The first-order chi connectivity index (χ1) is 16.3. The number of halogens is 2. The average molecular weight is 501 g/mol. The molecule has 0 spiro atoms. The quantitative estimate of drug-likeness (QED) is 0.354. The molecule has 8 nitrogen and oxygen atoms in total. The van der Waals surface area contributed by atoms with E-state index in [1.54, 1.807) is 19.4 Å². The first kappa shape index (κ1) is 22.4. The molecule has 11 heteroatoms. The number of nitrogens with zero attached hydrogens (tertiary/aromatic N) is 3. The molecule has 0 amide bonds. The van der Waals surface area contributed by atoms with Crippen LogP contribution in [0.25, 0.3) is 22.2 Å². The van der Waals surface area contributed by atoms with Crippen LogP contribution in [0.2, 0.25) is 5.02 Å². The highest BCUT2D eigenvalue weighted by atomic mass is 35.5. The summed E-state index contributed by atoms with van der Waals surface area (Å²) in [6.07, 6.45) is 3.24. The van der Waals surface area contributed by atoms with Crippen molar-refractivity contribution in [2.24, 2.45) is 0 Å². The smallest absolute Gasteiger partial charge is 0.227 e. The van der Waals surface area contributed by atoms with E-state index in [0.717, 1.165) is 11.2 Å². The monoisotopic (exact) mass is 500 g/mol. The van der Waals surface area contributed by atoms with Gasteiger partial charge in [0.1, 0.15) is 11.6 Å². The fraction of sp³-hybridized carbons (Fsp3) is 0.217. The van der Waals surface area contributed by atoms with Crippen LogP contribution < -0.4 is 15.0 Å². The van der Waals surface area contributed by atoms with E-state index in [1.807, 2.05) is 18.2 Å². The van der Waals surface area contributed by atoms with Gasteiger partial charge in [0.15, 0.2) is 0 Å². The number of nitrogens with one attached hydrogen (secondary N) is 3. The number of H-pyrrole nitrogens is 1. The van der Waals surface area contributed by atoms with Gasteiger partial charge in [0.2, 0.25) is 5.95 Å². The molecule has 1 fully saturated rings. The second-order valence-corrected chi connectivity index (χ2v) is 10.8.